The SMILES string of the molecule is C=C[C@]1(C)C[C@@H](OC(=O)COc2ccc3c(c2)B(O)NN=C3)[C@]2(C)[C@H](C)CC[C@]3(CCC(O)[C@H]32)[C@@H](C)[C@@H]1O. The number of hydrazone groups is 1. The van der Waals surface area contributed by atoms with Crippen LogP contribution in [0.15, 0.2) is 36.0 Å². The van der Waals surface area contributed by atoms with Crippen molar-refractivity contribution in [1.82, 2.24) is 5.34 Å². The minimum Gasteiger partial charge on any atom is -0.482 e. The molecule has 5 rings (SSSR count). The number of benzene rings is 1. The lowest BCUT2D eigenvalue weighted by atomic mass is 9.43. The maximum atomic E-state index is 13.3. The van der Waals surface area contributed by atoms with Gasteiger partial charge in [0.25, 0.3) is 0 Å². The number of rotatable bonds is 5. The van der Waals surface area contributed by atoms with Gasteiger partial charge in [0.05, 0.1) is 18.4 Å². The zero-order chi connectivity index (χ0) is 27.5. The van der Waals surface area contributed by atoms with Crippen LogP contribution in [0.1, 0.15) is 65.4 Å². The summed E-state index contributed by atoms with van der Waals surface area (Å²) >= 11 is 0. The van der Waals surface area contributed by atoms with Gasteiger partial charge in [0.1, 0.15) is 11.9 Å². The predicted octanol–water partition coefficient (Wildman–Crippen LogP) is 2.39. The zero-order valence-electron chi connectivity index (χ0n) is 22.9. The van der Waals surface area contributed by atoms with E-state index in [2.05, 4.69) is 37.8 Å². The number of esters is 1. The topological polar surface area (TPSA) is 121 Å². The van der Waals surface area contributed by atoms with Gasteiger partial charge in [-0.1, -0.05) is 39.8 Å². The maximum Gasteiger partial charge on any atom is 0.464 e. The molecule has 38 heavy (non-hydrogen) atoms. The minimum absolute atomic E-state index is 0.0154. The highest BCUT2D eigenvalue weighted by molar-refractivity contribution is 6.65. The molecular formula is C29H41BN2O6. The standard InChI is InChI=1S/C29H41BN2O6/c1-6-27(4)14-23(38-24(34)16-37-20-8-7-19-15-31-32-30(36)21(19)13-20)28(5)17(2)9-11-29(18(3)26(27)35)12-10-22(33)25(28)29/h6-8,13,15,17-18,22-23,25-26,32-33,35-36H,1,9-12,14,16H2,2-5H3/t17-,18+,22?,23-,25+,26+,27-,28+,29+/m1/s1. The van der Waals surface area contributed by atoms with Crippen molar-refractivity contribution in [3.8, 4) is 5.75 Å². The predicted molar refractivity (Wildman–Crippen MR) is 146 cm³/mol. The molecule has 0 radical (unpaired) electrons. The third kappa shape index (κ3) is 4.09. The number of nitrogens with one attached hydrogen (secondary N) is 1. The number of aliphatic hydroxyl groups is 2. The normalized spacial score (nSPS) is 41.7. The fourth-order valence-electron chi connectivity index (χ4n) is 8.37. The van der Waals surface area contributed by atoms with E-state index < -0.39 is 42.2 Å². The van der Waals surface area contributed by atoms with Crippen LogP contribution in [0.2, 0.25) is 0 Å². The summed E-state index contributed by atoms with van der Waals surface area (Å²) < 4.78 is 12.0. The summed E-state index contributed by atoms with van der Waals surface area (Å²) in [6, 6.07) is 5.19. The smallest absolute Gasteiger partial charge is 0.464 e. The highest BCUT2D eigenvalue weighted by atomic mass is 16.6. The number of nitrogens with zero attached hydrogens (tertiary/aromatic N) is 1. The van der Waals surface area contributed by atoms with Crippen molar-refractivity contribution in [3.05, 3.63) is 36.4 Å². The van der Waals surface area contributed by atoms with Crippen molar-refractivity contribution in [1.29, 1.82) is 0 Å². The van der Waals surface area contributed by atoms with Gasteiger partial charge in [0.15, 0.2) is 6.61 Å². The van der Waals surface area contributed by atoms with Crippen LogP contribution in [0.4, 0.5) is 0 Å². The first-order valence-corrected chi connectivity index (χ1v) is 13.9. The van der Waals surface area contributed by atoms with Gasteiger partial charge in [0, 0.05) is 10.8 Å². The molecule has 8 nitrogen and oxygen atoms in total. The van der Waals surface area contributed by atoms with Gasteiger partial charge in [-0.2, -0.15) is 5.10 Å². The largest absolute Gasteiger partial charge is 0.482 e. The highest BCUT2D eigenvalue weighted by Gasteiger charge is 2.68. The van der Waals surface area contributed by atoms with Crippen molar-refractivity contribution in [2.45, 2.75) is 78.1 Å². The molecule has 0 spiro atoms. The molecule has 0 amide bonds. The number of carbonyl (C=O) groups excluding carboxylic acids is 1. The molecular weight excluding hydrogens is 483 g/mol. The molecule has 206 valence electrons. The van der Waals surface area contributed by atoms with E-state index in [-0.39, 0.29) is 29.8 Å². The Balaban J connectivity index is 1.42. The van der Waals surface area contributed by atoms with Crippen molar-refractivity contribution < 1.29 is 29.5 Å². The van der Waals surface area contributed by atoms with Gasteiger partial charge in [-0.25, -0.2) is 4.79 Å². The molecule has 1 aromatic rings. The van der Waals surface area contributed by atoms with Gasteiger partial charge in [-0.05, 0) is 78.4 Å². The van der Waals surface area contributed by atoms with E-state index in [9.17, 15) is 20.0 Å². The van der Waals surface area contributed by atoms with Crippen molar-refractivity contribution >= 4 is 24.7 Å². The first-order chi connectivity index (χ1) is 18.0. The highest BCUT2D eigenvalue weighted by Crippen LogP contribution is 2.68. The summed E-state index contributed by atoms with van der Waals surface area (Å²) in [6.07, 6.45) is 5.63. The second kappa shape index (κ2) is 9.68. The zero-order valence-corrected chi connectivity index (χ0v) is 22.9. The lowest BCUT2D eigenvalue weighted by molar-refractivity contribution is -0.219. The fraction of sp³-hybridized carbons (Fsp3) is 0.655. The monoisotopic (exact) mass is 524 g/mol. The molecule has 1 unspecified atom stereocenters. The summed E-state index contributed by atoms with van der Waals surface area (Å²) in [7, 11) is -0.948. The third-order valence-electron chi connectivity index (χ3n) is 10.9. The van der Waals surface area contributed by atoms with Crippen LogP contribution in [0, 0.1) is 34.0 Å². The van der Waals surface area contributed by atoms with Crippen molar-refractivity contribution in [2.75, 3.05) is 6.61 Å². The molecule has 4 aliphatic rings. The first kappa shape index (κ1) is 27.2. The average Bonchev–Trinajstić information content (AvgIpc) is 3.26. The second-order valence-corrected chi connectivity index (χ2v) is 12.6. The Kier molecular flexibility index (Phi) is 6.94. The van der Waals surface area contributed by atoms with Gasteiger partial charge in [-0.15, -0.1) is 6.58 Å². The number of ether oxygens (including phenoxy) is 2. The molecule has 3 aliphatic carbocycles. The Morgan fingerprint density at radius 2 is 2.00 bits per heavy atom. The van der Waals surface area contributed by atoms with E-state index >= 15 is 0 Å². The van der Waals surface area contributed by atoms with Crippen LogP contribution in [0.3, 0.4) is 0 Å². The van der Waals surface area contributed by atoms with E-state index in [1.165, 1.54) is 0 Å². The van der Waals surface area contributed by atoms with E-state index in [4.69, 9.17) is 9.47 Å². The lowest BCUT2D eigenvalue weighted by Gasteiger charge is -2.63. The molecule has 9 atom stereocenters. The molecule has 1 heterocycles. The molecule has 0 saturated heterocycles. The van der Waals surface area contributed by atoms with Gasteiger partial charge in [0.2, 0.25) is 0 Å². The number of carbonyl (C=O) groups is 1. The summed E-state index contributed by atoms with van der Waals surface area (Å²) in [5, 5.41) is 39.6. The van der Waals surface area contributed by atoms with Gasteiger partial charge in [-0.3, -0.25) is 0 Å². The van der Waals surface area contributed by atoms with Crippen molar-refractivity contribution in [3.63, 3.8) is 0 Å². The molecule has 0 aromatic heterocycles. The Morgan fingerprint density at radius 1 is 1.26 bits per heavy atom. The van der Waals surface area contributed by atoms with E-state index in [0.717, 1.165) is 24.8 Å². The summed E-state index contributed by atoms with van der Waals surface area (Å²) in [4.78, 5) is 13.3. The third-order valence-corrected chi connectivity index (χ3v) is 10.9. The number of aliphatic hydroxyl groups excluding tert-OH is 2. The van der Waals surface area contributed by atoms with Crippen LogP contribution < -0.4 is 15.5 Å². The lowest BCUT2D eigenvalue weighted by Crippen LogP contribution is -2.63. The van der Waals surface area contributed by atoms with Crippen LogP contribution in [-0.4, -0.2) is 59.4 Å². The van der Waals surface area contributed by atoms with E-state index in [1.54, 1.807) is 24.4 Å². The van der Waals surface area contributed by atoms with Crippen LogP contribution in [0.5, 0.6) is 5.75 Å². The Hall–Kier alpha value is -2.36. The number of hydrogen-bond acceptors (Lipinski definition) is 8. The molecule has 9 heteroatoms. The molecule has 3 fully saturated rings. The van der Waals surface area contributed by atoms with E-state index in [0.29, 0.717) is 24.1 Å². The van der Waals surface area contributed by atoms with Gasteiger partial charge >= 0.3 is 13.0 Å². The molecule has 3 saturated carbocycles. The van der Waals surface area contributed by atoms with Crippen LogP contribution >= 0.6 is 0 Å². The number of fused-ring (bicyclic) bond motifs is 1. The molecule has 1 aliphatic heterocycles. The summed E-state index contributed by atoms with van der Waals surface area (Å²) in [5.41, 5.74) is 0.0513. The van der Waals surface area contributed by atoms with Crippen LogP contribution in [0.25, 0.3) is 0 Å². The Morgan fingerprint density at radius 3 is 2.74 bits per heavy atom. The average molecular weight is 524 g/mol. The fourth-order valence-corrected chi connectivity index (χ4v) is 8.37. The quantitative estimate of drug-likeness (QED) is 0.265. The molecule has 4 N–H and O–H groups in total. The summed E-state index contributed by atoms with van der Waals surface area (Å²) in [5.74, 6) is 0.0720. The minimum atomic E-state index is -0.948. The number of hydrogen-bond donors (Lipinski definition) is 4. The first-order valence-electron chi connectivity index (χ1n) is 13.9. The van der Waals surface area contributed by atoms with E-state index in [1.807, 2.05) is 13.0 Å². The second-order valence-electron chi connectivity index (χ2n) is 12.6. The van der Waals surface area contributed by atoms with Gasteiger partial charge < -0.3 is 30.0 Å². The Labute approximate surface area is 225 Å². The molecule has 1 aromatic carbocycles. The molecule has 2 bridgehead atoms. The Bertz CT molecular complexity index is 1130. The maximum absolute atomic E-state index is 13.3. The van der Waals surface area contributed by atoms with Crippen LogP contribution in [-0.2, 0) is 9.53 Å². The summed E-state index contributed by atoms with van der Waals surface area (Å²) in [6.45, 7) is 12.3. The van der Waals surface area contributed by atoms with Crippen molar-refractivity contribution in [2.24, 2.45) is 39.1 Å².